The molecule has 0 atom stereocenters. The predicted octanol–water partition coefficient (Wildman–Crippen LogP) is 8.55. The topological polar surface area (TPSA) is 9.23 Å². The van der Waals surface area contributed by atoms with Crippen molar-refractivity contribution < 1.29 is 22.3 Å². The molecule has 0 amide bonds. The van der Waals surface area contributed by atoms with Gasteiger partial charge in [-0.2, -0.15) is 4.39 Å². The maximum Gasteiger partial charge on any atom is 0.201 e. The monoisotopic (exact) mass is 452 g/mol. The van der Waals surface area contributed by atoms with Gasteiger partial charge in [-0.15, -0.1) is 11.3 Å². The van der Waals surface area contributed by atoms with Gasteiger partial charge in [-0.05, 0) is 42.7 Å². The van der Waals surface area contributed by atoms with Crippen molar-refractivity contribution in [3.8, 4) is 5.75 Å². The molecule has 2 aromatic carbocycles. The fourth-order valence-corrected chi connectivity index (χ4v) is 6.03. The van der Waals surface area contributed by atoms with Crippen LogP contribution in [0.25, 0.3) is 20.2 Å². The Morgan fingerprint density at radius 1 is 0.806 bits per heavy atom. The van der Waals surface area contributed by atoms with Crippen molar-refractivity contribution in [3.63, 3.8) is 0 Å². The molecule has 168 valence electrons. The molecule has 1 aromatic heterocycles. The van der Waals surface area contributed by atoms with E-state index >= 15 is 0 Å². The van der Waals surface area contributed by atoms with Crippen LogP contribution in [0.2, 0.25) is 0 Å². The van der Waals surface area contributed by atoms with Gasteiger partial charge in [-0.3, -0.25) is 0 Å². The van der Waals surface area contributed by atoms with Crippen molar-refractivity contribution >= 4 is 31.5 Å². The lowest BCUT2D eigenvalue weighted by molar-refractivity contribution is 0.173. The van der Waals surface area contributed by atoms with E-state index in [9.17, 15) is 17.6 Å². The highest BCUT2D eigenvalue weighted by Gasteiger charge is 2.25. The first-order valence-electron chi connectivity index (χ1n) is 11.3. The number of hydrogen-bond acceptors (Lipinski definition) is 2. The van der Waals surface area contributed by atoms with Gasteiger partial charge in [-0.1, -0.05) is 46.0 Å². The highest BCUT2D eigenvalue weighted by Crippen LogP contribution is 2.42. The molecule has 1 nitrogen and oxygen atoms in total. The lowest BCUT2D eigenvalue weighted by Crippen LogP contribution is -2.20. The van der Waals surface area contributed by atoms with E-state index in [-0.39, 0.29) is 22.1 Å². The summed E-state index contributed by atoms with van der Waals surface area (Å²) >= 11 is 1.14. The minimum atomic E-state index is -1.17. The van der Waals surface area contributed by atoms with Gasteiger partial charge >= 0.3 is 0 Å². The second-order valence-electron chi connectivity index (χ2n) is 8.75. The van der Waals surface area contributed by atoms with E-state index in [1.54, 1.807) is 6.07 Å². The van der Waals surface area contributed by atoms with E-state index < -0.39 is 23.3 Å². The van der Waals surface area contributed by atoms with E-state index in [0.717, 1.165) is 42.9 Å². The van der Waals surface area contributed by atoms with E-state index in [0.29, 0.717) is 34.8 Å². The quantitative estimate of drug-likeness (QED) is 0.326. The van der Waals surface area contributed by atoms with Gasteiger partial charge in [0.05, 0.1) is 6.61 Å². The van der Waals surface area contributed by atoms with Crippen molar-refractivity contribution in [2.24, 2.45) is 11.8 Å². The first-order chi connectivity index (χ1) is 14.9. The molecule has 0 aliphatic heterocycles. The minimum absolute atomic E-state index is 0.151. The van der Waals surface area contributed by atoms with Crippen LogP contribution < -0.4 is 4.74 Å². The number of ether oxygens (including phenoxy) is 1. The summed E-state index contributed by atoms with van der Waals surface area (Å²) in [5.41, 5.74) is 0.259. The average Bonchev–Trinajstić information content (AvgIpc) is 3.13. The Balaban J connectivity index is 1.62. The average molecular weight is 453 g/mol. The van der Waals surface area contributed by atoms with Gasteiger partial charge in [0.1, 0.15) is 0 Å². The lowest BCUT2D eigenvalue weighted by atomic mass is 9.80. The third-order valence-electron chi connectivity index (χ3n) is 6.51. The Kier molecular flexibility index (Phi) is 6.75. The van der Waals surface area contributed by atoms with Gasteiger partial charge in [0, 0.05) is 26.2 Å². The SMILES string of the molecule is CCCc1cc2sc3cc(OCC4CCC(CCC)CC4)c(F)c(F)c3c2c(F)c1F. The zero-order valence-electron chi connectivity index (χ0n) is 18.0. The Hall–Kier alpha value is -1.82. The van der Waals surface area contributed by atoms with Crippen LogP contribution in [0.4, 0.5) is 17.6 Å². The number of aryl methyl sites for hydroxylation is 1. The van der Waals surface area contributed by atoms with Gasteiger partial charge in [0.15, 0.2) is 23.2 Å². The molecule has 1 heterocycles. The van der Waals surface area contributed by atoms with Crippen molar-refractivity contribution in [2.75, 3.05) is 6.61 Å². The summed E-state index contributed by atoms with van der Waals surface area (Å²) in [4.78, 5) is 0. The molecule has 0 saturated heterocycles. The van der Waals surface area contributed by atoms with Gasteiger partial charge in [0.2, 0.25) is 5.82 Å². The Bertz CT molecular complexity index is 1080. The minimum Gasteiger partial charge on any atom is -0.490 e. The summed E-state index contributed by atoms with van der Waals surface area (Å²) in [6.45, 7) is 4.41. The van der Waals surface area contributed by atoms with Crippen LogP contribution >= 0.6 is 11.3 Å². The van der Waals surface area contributed by atoms with Crippen LogP contribution in [0.3, 0.4) is 0 Å². The first kappa shape index (κ1) is 22.4. The van der Waals surface area contributed by atoms with Gasteiger partial charge < -0.3 is 4.74 Å². The summed E-state index contributed by atoms with van der Waals surface area (Å²) < 4.78 is 65.4. The molecule has 1 aliphatic carbocycles. The van der Waals surface area contributed by atoms with Crippen molar-refractivity contribution in [1.82, 2.24) is 0 Å². The molecule has 1 aliphatic rings. The number of hydrogen-bond donors (Lipinski definition) is 0. The molecule has 0 bridgehead atoms. The Morgan fingerprint density at radius 3 is 2.06 bits per heavy atom. The third kappa shape index (κ3) is 4.28. The molecule has 3 aromatic rings. The summed E-state index contributed by atoms with van der Waals surface area (Å²) in [6.07, 6.45) is 7.85. The van der Waals surface area contributed by atoms with Gasteiger partial charge in [0.25, 0.3) is 0 Å². The van der Waals surface area contributed by atoms with Crippen LogP contribution in [0.5, 0.6) is 5.75 Å². The summed E-state index contributed by atoms with van der Waals surface area (Å²) in [5.74, 6) is -3.45. The summed E-state index contributed by atoms with van der Waals surface area (Å²) in [5, 5.41) is -0.390. The van der Waals surface area contributed by atoms with Crippen molar-refractivity contribution in [2.45, 2.75) is 65.2 Å². The van der Waals surface area contributed by atoms with Crippen LogP contribution in [-0.4, -0.2) is 6.61 Å². The van der Waals surface area contributed by atoms with E-state index in [2.05, 4.69) is 6.92 Å². The molecule has 1 fully saturated rings. The van der Waals surface area contributed by atoms with E-state index in [1.165, 1.54) is 18.9 Å². The third-order valence-corrected chi connectivity index (χ3v) is 7.59. The zero-order chi connectivity index (χ0) is 22.1. The standard InChI is InChI=1S/C25H28F4OS/c1-3-5-14-7-9-15(10-8-14)13-30-17-12-19-21(25(29)23(17)27)20-18(31-19)11-16(6-4-2)22(26)24(20)28/h11-12,14-15H,3-10,13H2,1-2H3. The molecule has 0 radical (unpaired) electrons. The van der Waals surface area contributed by atoms with Crippen molar-refractivity contribution in [3.05, 3.63) is 41.0 Å². The molecule has 0 unspecified atom stereocenters. The Labute approximate surface area is 184 Å². The predicted molar refractivity (Wildman–Crippen MR) is 119 cm³/mol. The highest BCUT2D eigenvalue weighted by atomic mass is 32.1. The number of halogens is 4. The number of fused-ring (bicyclic) bond motifs is 3. The van der Waals surface area contributed by atoms with Crippen LogP contribution in [0.1, 0.15) is 64.4 Å². The molecule has 31 heavy (non-hydrogen) atoms. The fraction of sp³-hybridized carbons (Fsp3) is 0.520. The molecule has 6 heteroatoms. The molecule has 0 N–H and O–H groups in total. The van der Waals surface area contributed by atoms with Gasteiger partial charge in [-0.25, -0.2) is 13.2 Å². The van der Waals surface area contributed by atoms with Crippen molar-refractivity contribution in [1.29, 1.82) is 0 Å². The summed E-state index contributed by atoms with van der Waals surface area (Å²) in [7, 11) is 0. The summed E-state index contributed by atoms with van der Waals surface area (Å²) in [6, 6.07) is 2.98. The fourth-order valence-electron chi connectivity index (χ4n) is 4.84. The zero-order valence-corrected chi connectivity index (χ0v) is 18.8. The Morgan fingerprint density at radius 2 is 1.42 bits per heavy atom. The van der Waals surface area contributed by atoms with E-state index in [1.807, 2.05) is 6.92 Å². The first-order valence-corrected chi connectivity index (χ1v) is 12.1. The maximum atomic E-state index is 14.9. The highest BCUT2D eigenvalue weighted by molar-refractivity contribution is 7.25. The molecule has 0 spiro atoms. The smallest absolute Gasteiger partial charge is 0.201 e. The van der Waals surface area contributed by atoms with Crippen LogP contribution in [0, 0.1) is 35.1 Å². The largest absolute Gasteiger partial charge is 0.490 e. The normalized spacial score (nSPS) is 19.4. The number of benzene rings is 2. The lowest BCUT2D eigenvalue weighted by Gasteiger charge is -2.28. The maximum absolute atomic E-state index is 14.9. The second-order valence-corrected chi connectivity index (χ2v) is 9.83. The number of rotatable bonds is 7. The van der Waals surface area contributed by atoms with Crippen LogP contribution in [-0.2, 0) is 6.42 Å². The molecular formula is C25H28F4OS. The molecule has 1 saturated carbocycles. The molecular weight excluding hydrogens is 424 g/mol. The number of thiophene rings is 1. The van der Waals surface area contributed by atoms with E-state index in [4.69, 9.17) is 4.74 Å². The second kappa shape index (κ2) is 9.35. The molecule has 4 rings (SSSR count). The van der Waals surface area contributed by atoms with Crippen LogP contribution in [0.15, 0.2) is 12.1 Å².